The number of carbonyl (C=O) groups is 1. The van der Waals surface area contributed by atoms with Gasteiger partial charge in [-0.2, -0.15) is 0 Å². The number of aliphatic hydroxyl groups excluding tert-OH is 1. The highest BCUT2D eigenvalue weighted by atomic mass is 16.5. The van der Waals surface area contributed by atoms with Gasteiger partial charge in [0.1, 0.15) is 0 Å². The first kappa shape index (κ1) is 12.4. The summed E-state index contributed by atoms with van der Waals surface area (Å²) in [4.78, 5) is 11.2. The highest BCUT2D eigenvalue weighted by molar-refractivity contribution is 5.74. The van der Waals surface area contributed by atoms with Crippen molar-refractivity contribution in [2.24, 2.45) is 11.7 Å². The molecule has 1 fully saturated rings. The quantitative estimate of drug-likeness (QED) is 0.616. The van der Waals surface area contributed by atoms with Gasteiger partial charge in [0.2, 0.25) is 0 Å². The molecule has 1 aliphatic rings. The summed E-state index contributed by atoms with van der Waals surface area (Å²) in [6.07, 6.45) is 1.02. The lowest BCUT2D eigenvalue weighted by molar-refractivity contribution is -0.156. The van der Waals surface area contributed by atoms with Crippen LogP contribution >= 0.6 is 0 Å². The van der Waals surface area contributed by atoms with Crippen LogP contribution in [0.5, 0.6) is 0 Å². The number of nitrogens with two attached hydrogens (primary N) is 1. The van der Waals surface area contributed by atoms with E-state index in [9.17, 15) is 9.90 Å². The molecule has 1 saturated heterocycles. The monoisotopic (exact) mass is 217 g/mol. The molecule has 0 radical (unpaired) electrons. The highest BCUT2D eigenvalue weighted by Gasteiger charge is 2.19. The third-order valence-corrected chi connectivity index (χ3v) is 2.51. The van der Waals surface area contributed by atoms with E-state index in [1.54, 1.807) is 0 Å². The zero-order valence-electron chi connectivity index (χ0n) is 8.85. The molecule has 0 aromatic carbocycles. The van der Waals surface area contributed by atoms with E-state index in [1.807, 2.05) is 0 Å². The van der Waals surface area contributed by atoms with Crippen molar-refractivity contribution in [1.29, 1.82) is 0 Å². The van der Waals surface area contributed by atoms with Gasteiger partial charge in [-0.25, -0.2) is 4.79 Å². The fourth-order valence-corrected chi connectivity index (χ4v) is 1.48. The molecule has 0 aromatic rings. The summed E-state index contributed by atoms with van der Waals surface area (Å²) in [7, 11) is 0. The Morgan fingerprint density at radius 2 is 2.20 bits per heavy atom. The summed E-state index contributed by atoms with van der Waals surface area (Å²) in [5, 5.41) is 9.27. The van der Waals surface area contributed by atoms with Crippen LogP contribution in [0.1, 0.15) is 19.3 Å². The van der Waals surface area contributed by atoms with Crippen molar-refractivity contribution >= 4 is 5.97 Å². The number of carbonyl (C=O) groups excluding carboxylic acids is 1. The van der Waals surface area contributed by atoms with Gasteiger partial charge in [0.15, 0.2) is 6.10 Å². The van der Waals surface area contributed by atoms with Gasteiger partial charge in [0.05, 0.1) is 6.61 Å². The van der Waals surface area contributed by atoms with E-state index in [2.05, 4.69) is 0 Å². The predicted molar refractivity (Wildman–Crippen MR) is 54.2 cm³/mol. The summed E-state index contributed by atoms with van der Waals surface area (Å²) in [5.41, 5.74) is 5.22. The SMILES string of the molecule is NCC[C@H](O)C(=O)OCC1CCOCC1. The van der Waals surface area contributed by atoms with E-state index in [4.69, 9.17) is 15.2 Å². The molecule has 88 valence electrons. The molecule has 1 heterocycles. The standard InChI is InChI=1S/C10H19NO4/c11-4-1-9(12)10(13)15-7-8-2-5-14-6-3-8/h8-9,12H,1-7,11H2/t9-/m0/s1. The zero-order chi connectivity index (χ0) is 11.1. The Bertz CT molecular complexity index is 192. The van der Waals surface area contributed by atoms with Crippen molar-refractivity contribution in [2.75, 3.05) is 26.4 Å². The maximum Gasteiger partial charge on any atom is 0.335 e. The molecule has 0 amide bonds. The number of ether oxygens (including phenoxy) is 2. The first-order valence-electron chi connectivity index (χ1n) is 5.36. The Morgan fingerprint density at radius 3 is 2.80 bits per heavy atom. The molecule has 3 N–H and O–H groups in total. The summed E-state index contributed by atoms with van der Waals surface area (Å²) in [5.74, 6) is -0.195. The van der Waals surface area contributed by atoms with Crippen molar-refractivity contribution in [3.8, 4) is 0 Å². The maximum absolute atomic E-state index is 11.2. The minimum atomic E-state index is -1.07. The lowest BCUT2D eigenvalue weighted by atomic mass is 10.0. The molecule has 5 heteroatoms. The summed E-state index contributed by atoms with van der Waals surface area (Å²) < 4.78 is 10.2. The van der Waals surface area contributed by atoms with Crippen LogP contribution in [0.2, 0.25) is 0 Å². The molecule has 0 aromatic heterocycles. The molecule has 0 saturated carbocycles. The number of esters is 1. The van der Waals surface area contributed by atoms with Crippen molar-refractivity contribution in [3.63, 3.8) is 0 Å². The normalized spacial score (nSPS) is 19.9. The van der Waals surface area contributed by atoms with Gasteiger partial charge >= 0.3 is 5.97 Å². The summed E-state index contributed by atoms with van der Waals surface area (Å²) in [6, 6.07) is 0. The molecule has 1 aliphatic heterocycles. The van der Waals surface area contributed by atoms with Gasteiger partial charge in [0.25, 0.3) is 0 Å². The summed E-state index contributed by atoms with van der Waals surface area (Å²) in [6.45, 7) is 2.12. The predicted octanol–water partition coefficient (Wildman–Crippen LogP) is -0.334. The van der Waals surface area contributed by atoms with Gasteiger partial charge in [-0.05, 0) is 31.7 Å². The smallest absolute Gasteiger partial charge is 0.335 e. The highest BCUT2D eigenvalue weighted by Crippen LogP contribution is 2.15. The largest absolute Gasteiger partial charge is 0.463 e. The van der Waals surface area contributed by atoms with Crippen LogP contribution in [-0.2, 0) is 14.3 Å². The Morgan fingerprint density at radius 1 is 1.53 bits per heavy atom. The molecule has 0 unspecified atom stereocenters. The molecule has 5 nitrogen and oxygen atoms in total. The Labute approximate surface area is 89.5 Å². The van der Waals surface area contributed by atoms with E-state index < -0.39 is 12.1 Å². The Balaban J connectivity index is 2.14. The first-order valence-corrected chi connectivity index (χ1v) is 5.36. The number of rotatable bonds is 5. The second kappa shape index (κ2) is 6.76. The number of hydrogen-bond acceptors (Lipinski definition) is 5. The molecular formula is C10H19NO4. The zero-order valence-corrected chi connectivity index (χ0v) is 8.85. The van der Waals surface area contributed by atoms with Gasteiger partial charge in [-0.15, -0.1) is 0 Å². The van der Waals surface area contributed by atoms with Crippen LogP contribution in [-0.4, -0.2) is 43.5 Å². The van der Waals surface area contributed by atoms with Crippen molar-refractivity contribution in [2.45, 2.75) is 25.4 Å². The van der Waals surface area contributed by atoms with Crippen LogP contribution in [0.25, 0.3) is 0 Å². The van der Waals surface area contributed by atoms with E-state index in [1.165, 1.54) is 0 Å². The van der Waals surface area contributed by atoms with E-state index in [0.717, 1.165) is 26.1 Å². The Kier molecular flexibility index (Phi) is 5.60. The maximum atomic E-state index is 11.2. The third kappa shape index (κ3) is 4.59. The minimum Gasteiger partial charge on any atom is -0.463 e. The second-order valence-corrected chi connectivity index (χ2v) is 3.78. The van der Waals surface area contributed by atoms with Gasteiger partial charge in [0, 0.05) is 13.2 Å². The average molecular weight is 217 g/mol. The number of hydrogen-bond donors (Lipinski definition) is 2. The van der Waals surface area contributed by atoms with E-state index in [0.29, 0.717) is 12.5 Å². The second-order valence-electron chi connectivity index (χ2n) is 3.78. The van der Waals surface area contributed by atoms with Crippen molar-refractivity contribution in [1.82, 2.24) is 0 Å². The molecule has 15 heavy (non-hydrogen) atoms. The van der Waals surface area contributed by atoms with Gasteiger partial charge in [-0.1, -0.05) is 0 Å². The molecule has 0 aliphatic carbocycles. The fourth-order valence-electron chi connectivity index (χ4n) is 1.48. The van der Waals surface area contributed by atoms with Crippen LogP contribution in [0, 0.1) is 5.92 Å². The molecular weight excluding hydrogens is 198 g/mol. The lowest BCUT2D eigenvalue weighted by Crippen LogP contribution is -2.29. The molecule has 1 rings (SSSR count). The van der Waals surface area contributed by atoms with E-state index >= 15 is 0 Å². The van der Waals surface area contributed by atoms with Crippen molar-refractivity contribution in [3.05, 3.63) is 0 Å². The molecule has 0 spiro atoms. The lowest BCUT2D eigenvalue weighted by Gasteiger charge is -2.22. The summed E-state index contributed by atoms with van der Waals surface area (Å²) >= 11 is 0. The van der Waals surface area contributed by atoms with Crippen LogP contribution in [0.3, 0.4) is 0 Å². The van der Waals surface area contributed by atoms with Crippen LogP contribution in [0.15, 0.2) is 0 Å². The van der Waals surface area contributed by atoms with Crippen LogP contribution in [0.4, 0.5) is 0 Å². The molecule has 0 bridgehead atoms. The van der Waals surface area contributed by atoms with E-state index in [-0.39, 0.29) is 13.0 Å². The molecule has 1 atom stereocenters. The van der Waals surface area contributed by atoms with Gasteiger partial charge < -0.3 is 20.3 Å². The topological polar surface area (TPSA) is 81.8 Å². The minimum absolute atomic E-state index is 0.257. The van der Waals surface area contributed by atoms with Crippen LogP contribution < -0.4 is 5.73 Å². The third-order valence-electron chi connectivity index (χ3n) is 2.51. The van der Waals surface area contributed by atoms with Gasteiger partial charge in [-0.3, -0.25) is 0 Å². The van der Waals surface area contributed by atoms with Crippen molar-refractivity contribution < 1.29 is 19.4 Å². The number of aliphatic hydroxyl groups is 1. The fraction of sp³-hybridized carbons (Fsp3) is 0.900. The Hall–Kier alpha value is -0.650. The average Bonchev–Trinajstić information content (AvgIpc) is 2.27. The first-order chi connectivity index (χ1) is 7.24.